The minimum Gasteiger partial charge on any atom is -0.373 e. The second-order valence-corrected chi connectivity index (χ2v) is 7.44. The van der Waals surface area contributed by atoms with Crippen LogP contribution in [0.5, 0.6) is 0 Å². The van der Waals surface area contributed by atoms with E-state index in [0.29, 0.717) is 5.82 Å². The lowest BCUT2D eigenvalue weighted by molar-refractivity contribution is -0.148. The number of ether oxygens (including phenoxy) is 1. The first-order valence-electron chi connectivity index (χ1n) is 9.23. The topological polar surface area (TPSA) is 88.6 Å². The van der Waals surface area contributed by atoms with Crippen molar-refractivity contribution in [3.05, 3.63) is 36.4 Å². The first-order valence-corrected chi connectivity index (χ1v) is 9.23. The lowest BCUT2D eigenvalue weighted by Gasteiger charge is -2.23. The molecular formula is C20H19N3O4. The zero-order chi connectivity index (χ0) is 18.7. The van der Waals surface area contributed by atoms with Gasteiger partial charge in [-0.3, -0.25) is 19.3 Å². The number of nitrogens with zero attached hydrogens (tertiary/aromatic N) is 2. The molecule has 3 amide bonds. The van der Waals surface area contributed by atoms with Crippen LogP contribution in [0.25, 0.3) is 10.9 Å². The highest BCUT2D eigenvalue weighted by Gasteiger charge is 2.63. The Labute approximate surface area is 155 Å². The molecule has 27 heavy (non-hydrogen) atoms. The number of amides is 3. The molecule has 2 aromatic rings. The Bertz CT molecular complexity index is 947. The molecule has 7 nitrogen and oxygen atoms in total. The molecule has 0 aliphatic carbocycles. The van der Waals surface area contributed by atoms with Crippen LogP contribution in [-0.4, -0.2) is 45.9 Å². The van der Waals surface area contributed by atoms with Crippen molar-refractivity contribution in [2.45, 2.75) is 38.0 Å². The smallest absolute Gasteiger partial charge is 0.248 e. The largest absolute Gasteiger partial charge is 0.373 e. The highest BCUT2D eigenvalue weighted by atomic mass is 16.5. The number of anilines is 1. The summed E-state index contributed by atoms with van der Waals surface area (Å²) in [5.74, 6) is -1.45. The molecule has 0 unspecified atom stereocenters. The van der Waals surface area contributed by atoms with E-state index in [2.05, 4.69) is 10.3 Å². The van der Waals surface area contributed by atoms with Gasteiger partial charge in [-0.1, -0.05) is 18.2 Å². The van der Waals surface area contributed by atoms with E-state index in [1.54, 1.807) is 13.0 Å². The standard InChI is InChI=1S/C20H19N3O4/c1-10(18(24)22-15-9-6-11-4-2-3-5-12(11)21-15)23-19(25)16-13-7-8-14(27-13)17(16)20(23)26/h2-6,9-10,13-14,16-17H,7-8H2,1H3,(H,21,22,24)/t10-,13+,14+,16-,17+/m0/s1. The van der Waals surface area contributed by atoms with Gasteiger partial charge in [0.25, 0.3) is 0 Å². The van der Waals surface area contributed by atoms with E-state index in [1.165, 1.54) is 0 Å². The van der Waals surface area contributed by atoms with Crippen molar-refractivity contribution in [3.8, 4) is 0 Å². The molecule has 3 aliphatic rings. The van der Waals surface area contributed by atoms with Crippen LogP contribution in [0.4, 0.5) is 5.82 Å². The number of rotatable bonds is 3. The maximum absolute atomic E-state index is 12.8. The van der Waals surface area contributed by atoms with Crippen LogP contribution in [0.2, 0.25) is 0 Å². The molecule has 3 fully saturated rings. The SMILES string of the molecule is C[C@@H](C(=O)Nc1ccc2ccccc2n1)N1C(=O)[C@@H]2[C@H](C1=O)[C@H]1CC[C@H]2O1. The van der Waals surface area contributed by atoms with Crippen LogP contribution in [0.1, 0.15) is 19.8 Å². The summed E-state index contributed by atoms with van der Waals surface area (Å²) >= 11 is 0. The van der Waals surface area contributed by atoms with Crippen molar-refractivity contribution in [3.63, 3.8) is 0 Å². The zero-order valence-electron chi connectivity index (χ0n) is 14.8. The number of benzene rings is 1. The van der Waals surface area contributed by atoms with Crippen molar-refractivity contribution >= 4 is 34.4 Å². The molecule has 7 heteroatoms. The van der Waals surface area contributed by atoms with E-state index < -0.39 is 23.8 Å². The maximum atomic E-state index is 12.8. The van der Waals surface area contributed by atoms with Gasteiger partial charge in [-0.25, -0.2) is 4.98 Å². The average molecular weight is 365 g/mol. The lowest BCUT2D eigenvalue weighted by atomic mass is 9.81. The van der Waals surface area contributed by atoms with Crippen LogP contribution in [-0.2, 0) is 19.1 Å². The Balaban J connectivity index is 1.35. The summed E-state index contributed by atoms with van der Waals surface area (Å²) in [7, 11) is 0. The third-order valence-electron chi connectivity index (χ3n) is 5.93. The van der Waals surface area contributed by atoms with E-state index in [9.17, 15) is 14.4 Å². The number of hydrogen-bond acceptors (Lipinski definition) is 5. The normalized spacial score (nSPS) is 30.0. The summed E-state index contributed by atoms with van der Waals surface area (Å²) in [6.07, 6.45) is 1.25. The monoisotopic (exact) mass is 365 g/mol. The molecule has 4 heterocycles. The average Bonchev–Trinajstić information content (AvgIpc) is 3.35. The molecule has 0 spiro atoms. The number of likely N-dealkylation sites (tertiary alicyclic amines) is 1. The molecule has 3 aliphatic heterocycles. The second kappa shape index (κ2) is 5.85. The van der Waals surface area contributed by atoms with E-state index in [-0.39, 0.29) is 24.0 Å². The number of hydrogen-bond donors (Lipinski definition) is 1. The predicted octanol–water partition coefficient (Wildman–Crippen LogP) is 1.72. The van der Waals surface area contributed by atoms with Gasteiger partial charge >= 0.3 is 0 Å². The van der Waals surface area contributed by atoms with Crippen molar-refractivity contribution in [1.82, 2.24) is 9.88 Å². The lowest BCUT2D eigenvalue weighted by Crippen LogP contribution is -2.47. The first-order chi connectivity index (χ1) is 13.0. The fourth-order valence-electron chi connectivity index (χ4n) is 4.60. The third kappa shape index (κ3) is 2.38. The highest BCUT2D eigenvalue weighted by molar-refractivity contribution is 6.10. The first kappa shape index (κ1) is 16.4. The van der Waals surface area contributed by atoms with Crippen LogP contribution in [0.15, 0.2) is 36.4 Å². The van der Waals surface area contributed by atoms with Gasteiger partial charge in [0.2, 0.25) is 17.7 Å². The summed E-state index contributed by atoms with van der Waals surface area (Å²) in [6, 6.07) is 10.3. The van der Waals surface area contributed by atoms with Crippen molar-refractivity contribution in [1.29, 1.82) is 0 Å². The number of nitrogens with one attached hydrogen (secondary N) is 1. The molecule has 0 radical (unpaired) electrons. The van der Waals surface area contributed by atoms with Crippen LogP contribution in [0, 0.1) is 11.8 Å². The molecule has 1 aromatic heterocycles. The maximum Gasteiger partial charge on any atom is 0.248 e. The van der Waals surface area contributed by atoms with Gasteiger partial charge in [0.1, 0.15) is 11.9 Å². The molecule has 5 rings (SSSR count). The summed E-state index contributed by atoms with van der Waals surface area (Å²) in [5.41, 5.74) is 0.763. The number of para-hydroxylation sites is 1. The highest BCUT2D eigenvalue weighted by Crippen LogP contribution is 2.48. The van der Waals surface area contributed by atoms with Gasteiger partial charge in [-0.2, -0.15) is 0 Å². The Morgan fingerprint density at radius 1 is 1.11 bits per heavy atom. The zero-order valence-corrected chi connectivity index (χ0v) is 14.8. The van der Waals surface area contributed by atoms with Crippen molar-refractivity contribution < 1.29 is 19.1 Å². The number of aromatic nitrogens is 1. The summed E-state index contributed by atoms with van der Waals surface area (Å²) < 4.78 is 5.73. The summed E-state index contributed by atoms with van der Waals surface area (Å²) in [4.78, 5) is 43.8. The molecule has 0 saturated carbocycles. The molecular weight excluding hydrogens is 346 g/mol. The Hall–Kier alpha value is -2.80. The number of imide groups is 1. The van der Waals surface area contributed by atoms with Crippen molar-refractivity contribution in [2.75, 3.05) is 5.32 Å². The van der Waals surface area contributed by atoms with Gasteiger partial charge in [0.15, 0.2) is 0 Å². The Morgan fingerprint density at radius 2 is 1.78 bits per heavy atom. The minimum atomic E-state index is -0.886. The number of carbonyl (C=O) groups is 3. The third-order valence-corrected chi connectivity index (χ3v) is 5.93. The molecule has 5 atom stereocenters. The van der Waals surface area contributed by atoms with E-state index in [4.69, 9.17) is 4.74 Å². The van der Waals surface area contributed by atoms with E-state index in [0.717, 1.165) is 28.6 Å². The van der Waals surface area contributed by atoms with Gasteiger partial charge in [0, 0.05) is 5.39 Å². The van der Waals surface area contributed by atoms with Crippen LogP contribution >= 0.6 is 0 Å². The Morgan fingerprint density at radius 3 is 2.48 bits per heavy atom. The molecule has 138 valence electrons. The Kier molecular flexibility index (Phi) is 3.55. The van der Waals surface area contributed by atoms with Crippen molar-refractivity contribution in [2.24, 2.45) is 11.8 Å². The van der Waals surface area contributed by atoms with E-state index in [1.807, 2.05) is 30.3 Å². The van der Waals surface area contributed by atoms with Gasteiger partial charge in [-0.05, 0) is 38.0 Å². The molecule has 3 saturated heterocycles. The van der Waals surface area contributed by atoms with Crippen LogP contribution in [0.3, 0.4) is 0 Å². The van der Waals surface area contributed by atoms with Gasteiger partial charge in [0.05, 0.1) is 29.6 Å². The second-order valence-electron chi connectivity index (χ2n) is 7.44. The van der Waals surface area contributed by atoms with Crippen LogP contribution < -0.4 is 5.32 Å². The molecule has 1 aromatic carbocycles. The quantitative estimate of drug-likeness (QED) is 0.837. The molecule has 2 bridgehead atoms. The van der Waals surface area contributed by atoms with E-state index >= 15 is 0 Å². The molecule has 1 N–H and O–H groups in total. The predicted molar refractivity (Wildman–Crippen MR) is 96.6 cm³/mol. The minimum absolute atomic E-state index is 0.182. The number of pyridine rings is 1. The number of carbonyl (C=O) groups excluding carboxylic acids is 3. The summed E-state index contributed by atoms with van der Waals surface area (Å²) in [6.45, 7) is 1.58. The number of fused-ring (bicyclic) bond motifs is 6. The fraction of sp³-hybridized carbons (Fsp3) is 0.400. The van der Waals surface area contributed by atoms with Gasteiger partial charge in [-0.15, -0.1) is 0 Å². The summed E-state index contributed by atoms with van der Waals surface area (Å²) in [5, 5.41) is 3.70. The van der Waals surface area contributed by atoms with Gasteiger partial charge < -0.3 is 10.1 Å². The fourth-order valence-corrected chi connectivity index (χ4v) is 4.60.